The van der Waals surface area contributed by atoms with Crippen molar-refractivity contribution in [3.63, 3.8) is 0 Å². The van der Waals surface area contributed by atoms with Crippen molar-refractivity contribution >= 4 is 5.82 Å². The molecule has 0 spiro atoms. The molecule has 132 valence electrons. The van der Waals surface area contributed by atoms with Gasteiger partial charge in [0, 0.05) is 14.1 Å². The SMILES string of the molecule is Cn1c2c(c(=O)n(C)c1=O)[C@H](c1ccc3c(c1)OCO3)C(C#N)=C(N)N2. The van der Waals surface area contributed by atoms with E-state index in [1.807, 2.05) is 0 Å². The largest absolute Gasteiger partial charge is 0.454 e. The average Bonchev–Trinajstić information content (AvgIpc) is 3.11. The third kappa shape index (κ3) is 2.02. The molecule has 3 N–H and O–H groups in total. The standard InChI is InChI=1S/C17H15N5O4/c1-21-15-13(16(23)22(2)17(21)24)12(9(6-18)14(19)20-15)8-3-4-10-11(5-8)26-7-25-10/h3-5,12,20H,7,19H2,1-2H3/t12-/m1/s1. The van der Waals surface area contributed by atoms with Gasteiger partial charge in [-0.05, 0) is 17.7 Å². The number of fused-ring (bicyclic) bond motifs is 2. The van der Waals surface area contributed by atoms with E-state index in [0.29, 0.717) is 17.1 Å². The van der Waals surface area contributed by atoms with Gasteiger partial charge < -0.3 is 20.5 Å². The van der Waals surface area contributed by atoms with Crippen LogP contribution in [0.2, 0.25) is 0 Å². The molecule has 0 unspecified atom stereocenters. The second-order valence-corrected chi connectivity index (χ2v) is 6.08. The second kappa shape index (κ2) is 5.42. The summed E-state index contributed by atoms with van der Waals surface area (Å²) in [6.45, 7) is 0.112. The fourth-order valence-corrected chi connectivity index (χ4v) is 3.33. The number of hydrogen-bond acceptors (Lipinski definition) is 7. The van der Waals surface area contributed by atoms with Crippen molar-refractivity contribution < 1.29 is 9.47 Å². The summed E-state index contributed by atoms with van der Waals surface area (Å²) >= 11 is 0. The number of aromatic nitrogens is 2. The van der Waals surface area contributed by atoms with Gasteiger partial charge in [-0.25, -0.2) is 4.79 Å². The first-order valence-corrected chi connectivity index (χ1v) is 7.80. The highest BCUT2D eigenvalue weighted by Crippen LogP contribution is 2.41. The van der Waals surface area contributed by atoms with Gasteiger partial charge in [0.2, 0.25) is 6.79 Å². The predicted octanol–water partition coefficient (Wildman–Crippen LogP) is 0.0640. The topological polar surface area (TPSA) is 124 Å². The van der Waals surface area contributed by atoms with Crippen molar-refractivity contribution in [1.82, 2.24) is 9.13 Å². The molecule has 1 aromatic carbocycles. The van der Waals surface area contributed by atoms with E-state index in [1.165, 1.54) is 18.7 Å². The molecular formula is C17H15N5O4. The van der Waals surface area contributed by atoms with E-state index in [4.69, 9.17) is 15.2 Å². The van der Waals surface area contributed by atoms with Crippen LogP contribution in [0.1, 0.15) is 17.0 Å². The smallest absolute Gasteiger partial charge is 0.332 e. The van der Waals surface area contributed by atoms with Crippen molar-refractivity contribution in [1.29, 1.82) is 5.26 Å². The Hall–Kier alpha value is -3.67. The molecule has 1 aromatic heterocycles. The zero-order chi connectivity index (χ0) is 18.6. The lowest BCUT2D eigenvalue weighted by atomic mass is 9.83. The molecule has 0 fully saturated rings. The molecule has 0 radical (unpaired) electrons. The second-order valence-electron chi connectivity index (χ2n) is 6.08. The van der Waals surface area contributed by atoms with E-state index in [1.54, 1.807) is 18.2 Å². The van der Waals surface area contributed by atoms with E-state index >= 15 is 0 Å². The highest BCUT2D eigenvalue weighted by atomic mass is 16.7. The maximum atomic E-state index is 12.9. The monoisotopic (exact) mass is 353 g/mol. The van der Waals surface area contributed by atoms with Gasteiger partial charge >= 0.3 is 5.69 Å². The Morgan fingerprint density at radius 3 is 2.69 bits per heavy atom. The fourth-order valence-electron chi connectivity index (χ4n) is 3.33. The van der Waals surface area contributed by atoms with Crippen LogP contribution in [-0.2, 0) is 14.1 Å². The summed E-state index contributed by atoms with van der Waals surface area (Å²) in [6, 6.07) is 7.27. The summed E-state index contributed by atoms with van der Waals surface area (Å²) in [5.41, 5.74) is 6.17. The van der Waals surface area contributed by atoms with E-state index in [2.05, 4.69) is 11.4 Å². The van der Waals surface area contributed by atoms with Gasteiger partial charge in [-0.2, -0.15) is 5.26 Å². The molecule has 0 saturated heterocycles. The van der Waals surface area contributed by atoms with Crippen molar-refractivity contribution in [3.8, 4) is 17.6 Å². The molecular weight excluding hydrogens is 338 g/mol. The van der Waals surface area contributed by atoms with Gasteiger partial charge in [0.05, 0.1) is 23.1 Å². The summed E-state index contributed by atoms with van der Waals surface area (Å²) in [5, 5.41) is 12.5. The summed E-state index contributed by atoms with van der Waals surface area (Å²) in [4.78, 5) is 25.1. The maximum Gasteiger partial charge on any atom is 0.332 e. The number of ether oxygens (including phenoxy) is 2. The Kier molecular flexibility index (Phi) is 3.30. The Balaban J connectivity index is 2.04. The third-order valence-corrected chi connectivity index (χ3v) is 4.67. The van der Waals surface area contributed by atoms with Crippen LogP contribution in [0, 0.1) is 11.3 Å². The first-order valence-electron chi connectivity index (χ1n) is 7.80. The predicted molar refractivity (Wildman–Crippen MR) is 91.8 cm³/mol. The van der Waals surface area contributed by atoms with E-state index in [0.717, 1.165) is 4.57 Å². The van der Waals surface area contributed by atoms with Crippen molar-refractivity contribution in [2.24, 2.45) is 19.8 Å². The quantitative estimate of drug-likeness (QED) is 0.743. The first kappa shape index (κ1) is 15.8. The maximum absolute atomic E-state index is 12.9. The van der Waals surface area contributed by atoms with Crippen molar-refractivity contribution in [2.75, 3.05) is 12.1 Å². The molecule has 26 heavy (non-hydrogen) atoms. The van der Waals surface area contributed by atoms with Crippen LogP contribution in [0.15, 0.2) is 39.2 Å². The Labute approximate surface area is 147 Å². The molecule has 2 aliphatic rings. The van der Waals surface area contributed by atoms with Gasteiger partial charge in [0.25, 0.3) is 5.56 Å². The first-order chi connectivity index (χ1) is 12.4. The van der Waals surface area contributed by atoms with Crippen LogP contribution in [0.5, 0.6) is 11.5 Å². The number of nitriles is 1. The van der Waals surface area contributed by atoms with E-state index < -0.39 is 17.2 Å². The van der Waals surface area contributed by atoms with Crippen LogP contribution in [0.4, 0.5) is 5.82 Å². The number of rotatable bonds is 1. The number of nitrogens with two attached hydrogens (primary N) is 1. The van der Waals surface area contributed by atoms with Gasteiger partial charge in [-0.3, -0.25) is 13.9 Å². The molecule has 4 rings (SSSR count). The van der Waals surface area contributed by atoms with Crippen LogP contribution in [0.25, 0.3) is 0 Å². The highest BCUT2D eigenvalue weighted by molar-refractivity contribution is 5.65. The van der Waals surface area contributed by atoms with Crippen molar-refractivity contribution in [3.05, 3.63) is 61.6 Å². The molecule has 2 aromatic rings. The lowest BCUT2D eigenvalue weighted by Gasteiger charge is -2.28. The minimum atomic E-state index is -0.726. The number of hydrogen-bond donors (Lipinski definition) is 2. The van der Waals surface area contributed by atoms with E-state index in [9.17, 15) is 14.9 Å². The van der Waals surface area contributed by atoms with Gasteiger partial charge in [-0.1, -0.05) is 6.07 Å². The zero-order valence-electron chi connectivity index (χ0n) is 14.1. The van der Waals surface area contributed by atoms with E-state index in [-0.39, 0.29) is 29.6 Å². The van der Waals surface area contributed by atoms with Crippen LogP contribution in [0.3, 0.4) is 0 Å². The molecule has 9 heteroatoms. The molecule has 0 amide bonds. The minimum Gasteiger partial charge on any atom is -0.454 e. The third-order valence-electron chi connectivity index (χ3n) is 4.67. The van der Waals surface area contributed by atoms with Crippen LogP contribution in [-0.4, -0.2) is 15.9 Å². The number of benzene rings is 1. The van der Waals surface area contributed by atoms with Gasteiger partial charge in [0.15, 0.2) is 11.5 Å². The minimum absolute atomic E-state index is 0.103. The Morgan fingerprint density at radius 2 is 1.96 bits per heavy atom. The number of nitrogens with one attached hydrogen (secondary N) is 1. The summed E-state index contributed by atoms with van der Waals surface area (Å²) in [5.74, 6) is 0.770. The normalized spacial score (nSPS) is 17.5. The van der Waals surface area contributed by atoms with Crippen LogP contribution < -0.4 is 31.8 Å². The Bertz CT molecular complexity index is 1140. The highest BCUT2D eigenvalue weighted by Gasteiger charge is 2.34. The molecule has 0 bridgehead atoms. The zero-order valence-corrected chi connectivity index (χ0v) is 14.1. The fraction of sp³-hybridized carbons (Fsp3) is 0.235. The van der Waals surface area contributed by atoms with Crippen molar-refractivity contribution in [2.45, 2.75) is 5.92 Å². The molecule has 3 heterocycles. The van der Waals surface area contributed by atoms with Crippen LogP contribution >= 0.6 is 0 Å². The lowest BCUT2D eigenvalue weighted by molar-refractivity contribution is 0.174. The average molecular weight is 353 g/mol. The molecule has 1 atom stereocenters. The summed E-state index contributed by atoms with van der Waals surface area (Å²) in [7, 11) is 2.93. The Morgan fingerprint density at radius 1 is 1.23 bits per heavy atom. The summed E-state index contributed by atoms with van der Waals surface area (Å²) in [6.07, 6.45) is 0. The molecule has 2 aliphatic heterocycles. The number of nitrogens with zero attached hydrogens (tertiary/aromatic N) is 3. The van der Waals surface area contributed by atoms with Gasteiger partial charge in [-0.15, -0.1) is 0 Å². The number of allylic oxidation sites excluding steroid dienone is 1. The summed E-state index contributed by atoms with van der Waals surface area (Å²) < 4.78 is 13.0. The molecule has 0 aliphatic carbocycles. The molecule has 9 nitrogen and oxygen atoms in total. The lowest BCUT2D eigenvalue weighted by Crippen LogP contribution is -2.43. The molecule has 0 saturated carbocycles. The van der Waals surface area contributed by atoms with Gasteiger partial charge in [0.1, 0.15) is 11.6 Å². The number of anilines is 1.